The van der Waals surface area contributed by atoms with E-state index in [1.807, 2.05) is 16.8 Å². The van der Waals surface area contributed by atoms with Crippen molar-refractivity contribution in [2.45, 2.75) is 45.4 Å². The van der Waals surface area contributed by atoms with Crippen LogP contribution in [-0.4, -0.2) is 21.1 Å². The van der Waals surface area contributed by atoms with Gasteiger partial charge in [0.2, 0.25) is 5.95 Å². The largest absolute Gasteiger partial charge is 0.353 e. The minimum atomic E-state index is 0.755. The van der Waals surface area contributed by atoms with Crippen molar-refractivity contribution in [1.82, 2.24) is 14.6 Å². The molecular formula is C15H22N4. The Morgan fingerprint density at radius 3 is 2.95 bits per heavy atom. The van der Waals surface area contributed by atoms with E-state index in [0.29, 0.717) is 0 Å². The third-order valence-electron chi connectivity index (χ3n) is 4.12. The first kappa shape index (κ1) is 12.5. The van der Waals surface area contributed by atoms with E-state index in [-0.39, 0.29) is 0 Å². The highest BCUT2D eigenvalue weighted by Crippen LogP contribution is 2.26. The van der Waals surface area contributed by atoms with E-state index >= 15 is 0 Å². The van der Waals surface area contributed by atoms with Gasteiger partial charge < -0.3 is 5.32 Å². The van der Waals surface area contributed by atoms with Gasteiger partial charge in [-0.25, -0.2) is 4.52 Å². The van der Waals surface area contributed by atoms with Crippen molar-refractivity contribution in [3.05, 3.63) is 23.9 Å². The maximum Gasteiger partial charge on any atom is 0.243 e. The Kier molecular flexibility index (Phi) is 3.67. The van der Waals surface area contributed by atoms with Crippen molar-refractivity contribution in [1.29, 1.82) is 0 Å². The summed E-state index contributed by atoms with van der Waals surface area (Å²) in [5, 5.41) is 7.82. The molecule has 1 N–H and O–H groups in total. The van der Waals surface area contributed by atoms with Crippen LogP contribution in [-0.2, 0) is 0 Å². The molecule has 1 saturated carbocycles. The average molecular weight is 258 g/mol. The van der Waals surface area contributed by atoms with Crippen molar-refractivity contribution >= 4 is 11.6 Å². The smallest absolute Gasteiger partial charge is 0.243 e. The number of fused-ring (bicyclic) bond motifs is 1. The predicted molar refractivity (Wildman–Crippen MR) is 77.4 cm³/mol. The summed E-state index contributed by atoms with van der Waals surface area (Å²) in [5.74, 6) is 1.66. The Hall–Kier alpha value is -1.58. The first-order valence-electron chi connectivity index (χ1n) is 7.39. The molecule has 0 unspecified atom stereocenters. The zero-order valence-electron chi connectivity index (χ0n) is 11.6. The lowest BCUT2D eigenvalue weighted by Gasteiger charge is -2.21. The van der Waals surface area contributed by atoms with Gasteiger partial charge in [-0.3, -0.25) is 0 Å². The molecule has 4 nitrogen and oxygen atoms in total. The van der Waals surface area contributed by atoms with E-state index in [9.17, 15) is 0 Å². The molecule has 19 heavy (non-hydrogen) atoms. The summed E-state index contributed by atoms with van der Waals surface area (Å²) in [5.41, 5.74) is 2.11. The molecule has 2 aromatic rings. The Morgan fingerprint density at radius 2 is 2.16 bits per heavy atom. The molecule has 1 aliphatic rings. The fourth-order valence-electron chi connectivity index (χ4n) is 2.98. The molecule has 0 amide bonds. The highest BCUT2D eigenvalue weighted by molar-refractivity contribution is 5.49. The topological polar surface area (TPSA) is 42.2 Å². The van der Waals surface area contributed by atoms with E-state index in [1.165, 1.54) is 38.5 Å². The van der Waals surface area contributed by atoms with Gasteiger partial charge in [-0.2, -0.15) is 4.98 Å². The highest BCUT2D eigenvalue weighted by atomic mass is 15.3. The maximum absolute atomic E-state index is 4.54. The molecule has 0 saturated heterocycles. The number of nitrogens with one attached hydrogen (secondary N) is 1. The molecule has 0 aliphatic heterocycles. The summed E-state index contributed by atoms with van der Waals surface area (Å²) in [6.45, 7) is 3.05. The van der Waals surface area contributed by atoms with Crippen LogP contribution in [0.1, 0.15) is 44.1 Å². The lowest BCUT2D eigenvalue weighted by Crippen LogP contribution is -2.12. The average Bonchev–Trinajstić information content (AvgIpc) is 2.84. The zero-order chi connectivity index (χ0) is 13.1. The second-order valence-corrected chi connectivity index (χ2v) is 5.61. The lowest BCUT2D eigenvalue weighted by atomic mass is 9.87. The third-order valence-corrected chi connectivity index (χ3v) is 4.12. The van der Waals surface area contributed by atoms with E-state index < -0.39 is 0 Å². The molecular weight excluding hydrogens is 236 g/mol. The fourth-order valence-corrected chi connectivity index (χ4v) is 2.98. The predicted octanol–water partition coefficient (Wildman–Crippen LogP) is 3.42. The molecule has 0 spiro atoms. The van der Waals surface area contributed by atoms with Crippen LogP contribution in [0.2, 0.25) is 0 Å². The van der Waals surface area contributed by atoms with Crippen LogP contribution in [0.4, 0.5) is 5.95 Å². The van der Waals surface area contributed by atoms with Gasteiger partial charge in [0.1, 0.15) is 0 Å². The SMILES string of the molecule is Cc1cccn2nc(NCCC3CCCCC3)nc12. The molecule has 3 rings (SSSR count). The second kappa shape index (κ2) is 5.59. The van der Waals surface area contributed by atoms with Crippen LogP contribution in [0.15, 0.2) is 18.3 Å². The van der Waals surface area contributed by atoms with Gasteiger partial charge in [0.25, 0.3) is 0 Å². The number of rotatable bonds is 4. The van der Waals surface area contributed by atoms with Crippen LogP contribution in [0.5, 0.6) is 0 Å². The van der Waals surface area contributed by atoms with E-state index in [4.69, 9.17) is 0 Å². The highest BCUT2D eigenvalue weighted by Gasteiger charge is 2.13. The number of aromatic nitrogens is 3. The molecule has 0 bridgehead atoms. The number of nitrogens with zero attached hydrogens (tertiary/aromatic N) is 3. The van der Waals surface area contributed by atoms with Crippen molar-refractivity contribution in [2.75, 3.05) is 11.9 Å². The van der Waals surface area contributed by atoms with Crippen LogP contribution in [0.25, 0.3) is 5.65 Å². The van der Waals surface area contributed by atoms with Gasteiger partial charge in [0, 0.05) is 12.7 Å². The monoisotopic (exact) mass is 258 g/mol. The van der Waals surface area contributed by atoms with Crippen LogP contribution in [0.3, 0.4) is 0 Å². The number of anilines is 1. The number of aryl methyl sites for hydroxylation is 1. The molecule has 1 fully saturated rings. The Labute approximate surface area is 114 Å². The van der Waals surface area contributed by atoms with Gasteiger partial charge >= 0.3 is 0 Å². The van der Waals surface area contributed by atoms with Crippen molar-refractivity contribution in [3.63, 3.8) is 0 Å². The summed E-state index contributed by atoms with van der Waals surface area (Å²) in [7, 11) is 0. The molecule has 1 aliphatic carbocycles. The van der Waals surface area contributed by atoms with E-state index in [1.54, 1.807) is 0 Å². The Balaban J connectivity index is 1.57. The number of pyridine rings is 1. The molecule has 2 heterocycles. The minimum Gasteiger partial charge on any atom is -0.353 e. The minimum absolute atomic E-state index is 0.755. The van der Waals surface area contributed by atoms with Gasteiger partial charge in [-0.15, -0.1) is 5.10 Å². The van der Waals surface area contributed by atoms with Crippen LogP contribution < -0.4 is 5.32 Å². The summed E-state index contributed by atoms with van der Waals surface area (Å²) < 4.78 is 1.85. The first-order valence-corrected chi connectivity index (χ1v) is 7.39. The summed E-state index contributed by atoms with van der Waals surface area (Å²) in [6.07, 6.45) is 10.2. The molecule has 102 valence electrons. The van der Waals surface area contributed by atoms with E-state index in [2.05, 4.69) is 28.4 Å². The molecule has 2 aromatic heterocycles. The number of hydrogen-bond acceptors (Lipinski definition) is 3. The van der Waals surface area contributed by atoms with E-state index in [0.717, 1.165) is 29.6 Å². The van der Waals surface area contributed by atoms with Crippen molar-refractivity contribution in [2.24, 2.45) is 5.92 Å². The normalized spacial score (nSPS) is 16.9. The standard InChI is InChI=1S/C15H22N4/c1-12-6-5-11-19-14(12)17-15(18-19)16-10-9-13-7-3-2-4-8-13/h5-6,11,13H,2-4,7-10H2,1H3,(H,16,18). The quantitative estimate of drug-likeness (QED) is 0.913. The fraction of sp³-hybridized carbons (Fsp3) is 0.600. The second-order valence-electron chi connectivity index (χ2n) is 5.61. The molecule has 0 radical (unpaired) electrons. The van der Waals surface area contributed by atoms with Crippen LogP contribution >= 0.6 is 0 Å². The lowest BCUT2D eigenvalue weighted by molar-refractivity contribution is 0.345. The van der Waals surface area contributed by atoms with Gasteiger partial charge in [-0.05, 0) is 30.9 Å². The summed E-state index contributed by atoms with van der Waals surface area (Å²) >= 11 is 0. The summed E-state index contributed by atoms with van der Waals surface area (Å²) in [6, 6.07) is 4.07. The Morgan fingerprint density at radius 1 is 1.32 bits per heavy atom. The van der Waals surface area contributed by atoms with Crippen LogP contribution in [0, 0.1) is 12.8 Å². The van der Waals surface area contributed by atoms with Crippen molar-refractivity contribution < 1.29 is 0 Å². The molecule has 4 heteroatoms. The van der Waals surface area contributed by atoms with Crippen molar-refractivity contribution in [3.8, 4) is 0 Å². The maximum atomic E-state index is 4.54. The van der Waals surface area contributed by atoms with Gasteiger partial charge in [-0.1, -0.05) is 38.2 Å². The van der Waals surface area contributed by atoms with Gasteiger partial charge in [0.05, 0.1) is 0 Å². The summed E-state index contributed by atoms with van der Waals surface area (Å²) in [4.78, 5) is 4.54. The third kappa shape index (κ3) is 2.88. The van der Waals surface area contributed by atoms with Gasteiger partial charge in [0.15, 0.2) is 5.65 Å². The Bertz CT molecular complexity index is 540. The molecule has 0 aromatic carbocycles. The number of hydrogen-bond donors (Lipinski definition) is 1. The molecule has 0 atom stereocenters. The first-order chi connectivity index (χ1) is 9.33. The zero-order valence-corrected chi connectivity index (χ0v) is 11.6.